The second kappa shape index (κ2) is 9.35. The Morgan fingerprint density at radius 3 is 1.85 bits per heavy atom. The Bertz CT molecular complexity index is 266. The summed E-state index contributed by atoms with van der Waals surface area (Å²) in [6.07, 6.45) is 2.22. The first-order valence-electron chi connectivity index (χ1n) is 7.52. The lowest BCUT2D eigenvalue weighted by Crippen LogP contribution is -2.24. The zero-order chi connectivity index (χ0) is 15.6. The molecule has 0 heterocycles. The summed E-state index contributed by atoms with van der Waals surface area (Å²) in [5.74, 6) is -0.195. The molecule has 20 heavy (non-hydrogen) atoms. The molecule has 0 radical (unpaired) electrons. The van der Waals surface area contributed by atoms with Crippen LogP contribution in [0, 0.1) is 10.8 Å². The van der Waals surface area contributed by atoms with Crippen LogP contribution < -0.4 is 0 Å². The van der Waals surface area contributed by atoms with Crippen LogP contribution in [0.4, 0.5) is 0 Å². The van der Waals surface area contributed by atoms with Crippen molar-refractivity contribution in [3.05, 3.63) is 0 Å². The summed E-state index contributed by atoms with van der Waals surface area (Å²) < 4.78 is 16.0. The first-order chi connectivity index (χ1) is 9.19. The topological polar surface area (TPSA) is 44.8 Å². The van der Waals surface area contributed by atoms with Crippen molar-refractivity contribution in [1.29, 1.82) is 0 Å². The van der Waals surface area contributed by atoms with Gasteiger partial charge < -0.3 is 14.2 Å². The van der Waals surface area contributed by atoms with Crippen LogP contribution in [0.5, 0.6) is 0 Å². The van der Waals surface area contributed by atoms with Gasteiger partial charge in [0.1, 0.15) is 6.61 Å². The minimum atomic E-state index is -0.449. The second-order valence-corrected chi connectivity index (χ2v) is 6.88. The van der Waals surface area contributed by atoms with Crippen molar-refractivity contribution in [1.82, 2.24) is 0 Å². The van der Waals surface area contributed by atoms with E-state index in [1.807, 2.05) is 20.8 Å². The van der Waals surface area contributed by atoms with Gasteiger partial charge in [-0.2, -0.15) is 0 Å². The quantitative estimate of drug-likeness (QED) is 0.456. The van der Waals surface area contributed by atoms with Crippen molar-refractivity contribution in [2.45, 2.75) is 54.4 Å². The fourth-order valence-corrected chi connectivity index (χ4v) is 1.26. The average Bonchev–Trinajstić information content (AvgIpc) is 2.35. The molecular formula is C16H32O4. The minimum absolute atomic E-state index is 0.195. The van der Waals surface area contributed by atoms with Gasteiger partial charge in [0.05, 0.1) is 25.2 Å². The van der Waals surface area contributed by atoms with E-state index in [4.69, 9.17) is 14.2 Å². The Balaban J connectivity index is 3.36. The van der Waals surface area contributed by atoms with E-state index in [1.165, 1.54) is 0 Å². The number of hydrogen-bond donors (Lipinski definition) is 0. The smallest absolute Gasteiger partial charge is 0.311 e. The molecule has 0 aliphatic rings. The fraction of sp³-hybridized carbons (Fsp3) is 0.938. The van der Waals surface area contributed by atoms with Crippen LogP contribution in [-0.4, -0.2) is 39.0 Å². The van der Waals surface area contributed by atoms with Crippen molar-refractivity contribution in [3.63, 3.8) is 0 Å². The number of carbonyl (C=O) groups excluding carboxylic acids is 1. The van der Waals surface area contributed by atoms with Crippen molar-refractivity contribution >= 4 is 5.97 Å². The molecule has 0 amide bonds. The maximum absolute atomic E-state index is 11.5. The predicted octanol–water partition coefficient (Wildman–Crippen LogP) is 3.44. The molecule has 0 N–H and O–H groups in total. The highest BCUT2D eigenvalue weighted by Crippen LogP contribution is 2.23. The molecule has 4 nitrogen and oxygen atoms in total. The number of esters is 1. The number of ether oxygens (including phenoxy) is 3. The van der Waals surface area contributed by atoms with Gasteiger partial charge in [-0.05, 0) is 32.6 Å². The van der Waals surface area contributed by atoms with Gasteiger partial charge in [0, 0.05) is 6.61 Å². The van der Waals surface area contributed by atoms with Crippen LogP contribution in [0.2, 0.25) is 0 Å². The SMILES string of the molecule is CCC(C)(C)CCOCCOCCOC(=O)C(C)(C)C. The molecule has 0 bridgehead atoms. The highest BCUT2D eigenvalue weighted by atomic mass is 16.6. The molecule has 0 aliphatic carbocycles. The Labute approximate surface area is 124 Å². The summed E-state index contributed by atoms with van der Waals surface area (Å²) in [4.78, 5) is 11.5. The molecule has 0 fully saturated rings. The highest BCUT2D eigenvalue weighted by molar-refractivity contribution is 5.75. The zero-order valence-electron chi connectivity index (χ0n) is 14.1. The number of carbonyl (C=O) groups is 1. The first-order valence-corrected chi connectivity index (χ1v) is 7.52. The van der Waals surface area contributed by atoms with Gasteiger partial charge in [0.15, 0.2) is 0 Å². The summed E-state index contributed by atoms with van der Waals surface area (Å²) in [6, 6.07) is 0. The molecule has 0 spiro atoms. The van der Waals surface area contributed by atoms with Crippen LogP contribution in [0.25, 0.3) is 0 Å². The molecule has 4 heteroatoms. The van der Waals surface area contributed by atoms with E-state index >= 15 is 0 Å². The van der Waals surface area contributed by atoms with Crippen LogP contribution in [0.3, 0.4) is 0 Å². The summed E-state index contributed by atoms with van der Waals surface area (Å²) >= 11 is 0. The van der Waals surface area contributed by atoms with Gasteiger partial charge in [0.2, 0.25) is 0 Å². The monoisotopic (exact) mass is 288 g/mol. The maximum atomic E-state index is 11.5. The number of rotatable bonds is 10. The van der Waals surface area contributed by atoms with E-state index in [-0.39, 0.29) is 5.97 Å². The Morgan fingerprint density at radius 1 is 0.850 bits per heavy atom. The predicted molar refractivity (Wildman–Crippen MR) is 80.7 cm³/mol. The van der Waals surface area contributed by atoms with Crippen LogP contribution in [0.1, 0.15) is 54.4 Å². The molecule has 120 valence electrons. The molecular weight excluding hydrogens is 256 g/mol. The third-order valence-corrected chi connectivity index (χ3v) is 3.33. The molecule has 0 aromatic carbocycles. The molecule has 0 rings (SSSR count). The van der Waals surface area contributed by atoms with Crippen molar-refractivity contribution in [3.8, 4) is 0 Å². The van der Waals surface area contributed by atoms with E-state index in [9.17, 15) is 4.79 Å². The lowest BCUT2D eigenvalue weighted by molar-refractivity contribution is -0.154. The van der Waals surface area contributed by atoms with Gasteiger partial charge in [-0.25, -0.2) is 0 Å². The molecule has 0 aromatic rings. The van der Waals surface area contributed by atoms with Gasteiger partial charge in [0.25, 0.3) is 0 Å². The van der Waals surface area contributed by atoms with E-state index in [0.29, 0.717) is 31.8 Å². The second-order valence-electron chi connectivity index (χ2n) is 6.88. The van der Waals surface area contributed by atoms with E-state index in [0.717, 1.165) is 19.4 Å². The van der Waals surface area contributed by atoms with Gasteiger partial charge in [-0.3, -0.25) is 4.79 Å². The van der Waals surface area contributed by atoms with E-state index in [1.54, 1.807) is 0 Å². The molecule has 0 aromatic heterocycles. The summed E-state index contributed by atoms with van der Waals surface area (Å²) in [5, 5.41) is 0. The molecule has 0 aliphatic heterocycles. The molecule has 0 atom stereocenters. The Hall–Kier alpha value is -0.610. The first kappa shape index (κ1) is 19.4. The van der Waals surface area contributed by atoms with Gasteiger partial charge in [-0.1, -0.05) is 27.2 Å². The van der Waals surface area contributed by atoms with E-state index in [2.05, 4.69) is 20.8 Å². The number of hydrogen-bond acceptors (Lipinski definition) is 4. The van der Waals surface area contributed by atoms with Gasteiger partial charge in [-0.15, -0.1) is 0 Å². The lowest BCUT2D eigenvalue weighted by Gasteiger charge is -2.22. The third kappa shape index (κ3) is 10.2. The minimum Gasteiger partial charge on any atom is -0.463 e. The lowest BCUT2D eigenvalue weighted by atomic mass is 9.87. The Kier molecular flexibility index (Phi) is 9.06. The third-order valence-electron chi connectivity index (χ3n) is 3.33. The maximum Gasteiger partial charge on any atom is 0.311 e. The fourth-order valence-electron chi connectivity index (χ4n) is 1.26. The van der Waals surface area contributed by atoms with Crippen molar-refractivity contribution in [2.24, 2.45) is 10.8 Å². The highest BCUT2D eigenvalue weighted by Gasteiger charge is 2.22. The standard InChI is InChI=1S/C16H32O4/c1-7-16(5,6)8-9-18-10-11-19-12-13-20-14(17)15(2,3)4/h7-13H2,1-6H3. The molecule has 0 unspecified atom stereocenters. The normalized spacial score (nSPS) is 12.5. The van der Waals surface area contributed by atoms with Crippen molar-refractivity contribution in [2.75, 3.05) is 33.0 Å². The van der Waals surface area contributed by atoms with Gasteiger partial charge >= 0.3 is 5.97 Å². The zero-order valence-corrected chi connectivity index (χ0v) is 14.1. The van der Waals surface area contributed by atoms with Crippen molar-refractivity contribution < 1.29 is 19.0 Å². The van der Waals surface area contributed by atoms with E-state index < -0.39 is 5.41 Å². The summed E-state index contributed by atoms with van der Waals surface area (Å²) in [5.41, 5.74) is -0.1000. The van der Waals surface area contributed by atoms with Crippen LogP contribution >= 0.6 is 0 Å². The Morgan fingerprint density at radius 2 is 1.35 bits per heavy atom. The van der Waals surface area contributed by atoms with Crippen LogP contribution in [-0.2, 0) is 19.0 Å². The summed E-state index contributed by atoms with van der Waals surface area (Å²) in [6.45, 7) is 14.8. The molecule has 0 saturated heterocycles. The molecule has 0 saturated carbocycles. The average molecular weight is 288 g/mol. The van der Waals surface area contributed by atoms with Crippen LogP contribution in [0.15, 0.2) is 0 Å². The summed E-state index contributed by atoms with van der Waals surface area (Å²) in [7, 11) is 0. The largest absolute Gasteiger partial charge is 0.463 e.